The topological polar surface area (TPSA) is 108 Å². The molecule has 0 bridgehead atoms. The Labute approximate surface area is 467 Å². The lowest BCUT2D eigenvalue weighted by Gasteiger charge is -2.29. The van der Waals surface area contributed by atoms with E-state index in [2.05, 4.69) is 43.5 Å². The number of unbranched alkanes of at least 4 members (excludes halogenated alkanes) is 44. The molecule has 0 radical (unpaired) electrons. The Morgan fingerprint density at radius 1 is 0.453 bits per heavy atom. The highest BCUT2D eigenvalue weighted by molar-refractivity contribution is 7.45. The number of allylic oxidation sites excluding steroid dienone is 5. The van der Waals surface area contributed by atoms with Crippen LogP contribution in [0, 0.1) is 0 Å². The molecule has 0 aromatic rings. The fourth-order valence-corrected chi connectivity index (χ4v) is 10.7. The maximum atomic E-state index is 13.0. The molecule has 0 heterocycles. The molecule has 0 aromatic carbocycles. The number of nitrogens with zero attached hydrogens (tertiary/aromatic N) is 1. The van der Waals surface area contributed by atoms with E-state index >= 15 is 0 Å². The van der Waals surface area contributed by atoms with E-state index in [4.69, 9.17) is 9.05 Å². The van der Waals surface area contributed by atoms with Crippen LogP contribution in [0.4, 0.5) is 0 Å². The molecule has 3 atom stereocenters. The summed E-state index contributed by atoms with van der Waals surface area (Å²) in [6, 6.07) is -0.904. The van der Waals surface area contributed by atoms with Crippen molar-refractivity contribution in [1.82, 2.24) is 5.32 Å². The van der Waals surface area contributed by atoms with Crippen molar-refractivity contribution in [2.75, 3.05) is 40.9 Å². The second-order valence-electron chi connectivity index (χ2n) is 23.8. The molecular weight excluding hydrogens is 948 g/mol. The van der Waals surface area contributed by atoms with Gasteiger partial charge in [-0.3, -0.25) is 9.36 Å². The zero-order valence-electron chi connectivity index (χ0n) is 50.8. The van der Waals surface area contributed by atoms with E-state index in [1.165, 1.54) is 270 Å². The summed E-state index contributed by atoms with van der Waals surface area (Å²) in [7, 11) is 1.26. The number of aliphatic hydroxyl groups is 1. The Kier molecular flexibility index (Phi) is 56.4. The fourth-order valence-electron chi connectivity index (χ4n) is 9.93. The van der Waals surface area contributed by atoms with Crippen LogP contribution in [0.15, 0.2) is 36.5 Å². The summed E-state index contributed by atoms with van der Waals surface area (Å²) < 4.78 is 23.4. The molecular formula is C66H129N2O6P. The van der Waals surface area contributed by atoms with Crippen LogP contribution in [0.5, 0.6) is 0 Å². The number of amides is 1. The Morgan fingerprint density at radius 3 is 1.08 bits per heavy atom. The summed E-state index contributed by atoms with van der Waals surface area (Å²) in [5.41, 5.74) is 0. The number of rotatable bonds is 61. The molecule has 0 aliphatic rings. The third kappa shape index (κ3) is 60.2. The van der Waals surface area contributed by atoms with Gasteiger partial charge in [-0.05, 0) is 57.8 Å². The number of carbonyl (C=O) groups excluding carboxylic acids is 1. The number of hydrogen-bond donors (Lipinski definition) is 2. The molecule has 3 unspecified atom stereocenters. The van der Waals surface area contributed by atoms with Crippen molar-refractivity contribution in [3.05, 3.63) is 36.5 Å². The van der Waals surface area contributed by atoms with Gasteiger partial charge in [0.1, 0.15) is 13.2 Å². The first-order chi connectivity index (χ1) is 36.5. The van der Waals surface area contributed by atoms with Gasteiger partial charge in [0, 0.05) is 6.42 Å². The normalized spacial score (nSPS) is 14.0. The second kappa shape index (κ2) is 57.4. The average molecular weight is 1080 g/mol. The predicted molar refractivity (Wildman–Crippen MR) is 325 cm³/mol. The third-order valence-electron chi connectivity index (χ3n) is 15.1. The van der Waals surface area contributed by atoms with Gasteiger partial charge in [0.25, 0.3) is 7.82 Å². The number of hydrogen-bond acceptors (Lipinski definition) is 6. The van der Waals surface area contributed by atoms with E-state index in [0.717, 1.165) is 38.5 Å². The van der Waals surface area contributed by atoms with E-state index in [1.54, 1.807) is 6.08 Å². The molecule has 0 fully saturated rings. The van der Waals surface area contributed by atoms with Gasteiger partial charge in [-0.15, -0.1) is 0 Å². The van der Waals surface area contributed by atoms with Crippen LogP contribution in [-0.4, -0.2) is 68.5 Å². The number of likely N-dealkylation sites (N-methyl/N-ethyl adjacent to an activating group) is 1. The number of phosphoric ester groups is 1. The first kappa shape index (κ1) is 73.7. The third-order valence-corrected chi connectivity index (χ3v) is 16.0. The van der Waals surface area contributed by atoms with E-state index in [1.807, 2.05) is 27.2 Å². The van der Waals surface area contributed by atoms with Gasteiger partial charge < -0.3 is 28.8 Å². The largest absolute Gasteiger partial charge is 0.756 e. The average Bonchev–Trinajstić information content (AvgIpc) is 3.37. The van der Waals surface area contributed by atoms with Gasteiger partial charge in [0.05, 0.1) is 39.9 Å². The molecule has 0 spiro atoms. The molecule has 1 amide bonds. The Morgan fingerprint density at radius 2 is 0.747 bits per heavy atom. The second-order valence-corrected chi connectivity index (χ2v) is 25.2. The Bertz CT molecular complexity index is 1320. The van der Waals surface area contributed by atoms with Crippen molar-refractivity contribution in [1.29, 1.82) is 0 Å². The van der Waals surface area contributed by atoms with Gasteiger partial charge in [0.15, 0.2) is 0 Å². The van der Waals surface area contributed by atoms with Gasteiger partial charge in [-0.2, -0.15) is 0 Å². The highest BCUT2D eigenvalue weighted by Crippen LogP contribution is 2.38. The number of nitrogens with one attached hydrogen (secondary N) is 1. The van der Waals surface area contributed by atoms with E-state index in [9.17, 15) is 19.4 Å². The minimum Gasteiger partial charge on any atom is -0.756 e. The van der Waals surface area contributed by atoms with Crippen LogP contribution >= 0.6 is 7.82 Å². The molecule has 9 heteroatoms. The monoisotopic (exact) mass is 1080 g/mol. The standard InChI is InChI=1S/C66H129N2O6P/c1-6-8-10-12-14-16-18-20-22-24-26-28-30-32-33-34-36-38-40-42-44-46-48-50-52-54-56-58-60-66(70)67-64(63-74-75(71,72)73-62-61-68(3,4)5)65(69)59-57-55-53-51-49-47-45-43-41-39-37-35-31-29-27-25-23-21-19-17-15-13-11-9-7-2/h32-33,49,51,57,59,64-65,69H,6-31,34-48,50,52-56,58,60-63H2,1-5H3,(H-,67,70,71,72)/b33-32-,51-49+,59-57+. The quantitative estimate of drug-likeness (QED) is 0.0272. The smallest absolute Gasteiger partial charge is 0.268 e. The fraction of sp³-hybridized carbons (Fsp3) is 0.894. The van der Waals surface area contributed by atoms with Crippen LogP contribution in [-0.2, 0) is 18.4 Å². The Hall–Kier alpha value is -1.28. The van der Waals surface area contributed by atoms with Crippen LogP contribution < -0.4 is 10.2 Å². The zero-order chi connectivity index (χ0) is 54.9. The van der Waals surface area contributed by atoms with Crippen molar-refractivity contribution >= 4 is 13.7 Å². The highest BCUT2D eigenvalue weighted by Gasteiger charge is 2.23. The SMILES string of the molecule is CCCCCCCCCCCCCC/C=C\CCCCCCCCCCCCCCC(=O)NC(COP(=O)([O-])OCC[N+](C)(C)C)C(O)/C=C/CC/C=C/CCCCCCCCCCCCCCCCCCCCC. The predicted octanol–water partition coefficient (Wildman–Crippen LogP) is 19.9. The molecule has 444 valence electrons. The van der Waals surface area contributed by atoms with E-state index in [0.29, 0.717) is 17.4 Å². The minimum atomic E-state index is -4.61. The first-order valence-corrected chi connectivity index (χ1v) is 34.3. The van der Waals surface area contributed by atoms with Crippen molar-refractivity contribution in [3.63, 3.8) is 0 Å². The Balaban J connectivity index is 4.14. The number of phosphoric acid groups is 1. The summed E-state index contributed by atoms with van der Waals surface area (Å²) in [4.78, 5) is 25.6. The molecule has 8 nitrogen and oxygen atoms in total. The maximum absolute atomic E-state index is 13.0. The lowest BCUT2D eigenvalue weighted by atomic mass is 10.0. The molecule has 0 aromatic heterocycles. The van der Waals surface area contributed by atoms with Crippen LogP contribution in [0.2, 0.25) is 0 Å². The molecule has 0 saturated carbocycles. The van der Waals surface area contributed by atoms with Gasteiger partial charge in [-0.25, -0.2) is 0 Å². The van der Waals surface area contributed by atoms with Gasteiger partial charge >= 0.3 is 0 Å². The maximum Gasteiger partial charge on any atom is 0.268 e. The summed E-state index contributed by atoms with van der Waals surface area (Å²) >= 11 is 0. The summed E-state index contributed by atoms with van der Waals surface area (Å²) in [5, 5.41) is 13.9. The van der Waals surface area contributed by atoms with Crippen LogP contribution in [0.3, 0.4) is 0 Å². The lowest BCUT2D eigenvalue weighted by Crippen LogP contribution is -2.45. The van der Waals surface area contributed by atoms with Gasteiger partial charge in [-0.1, -0.05) is 301 Å². The molecule has 0 aliphatic heterocycles. The summed E-state index contributed by atoms with van der Waals surface area (Å²) in [6.45, 7) is 4.68. The highest BCUT2D eigenvalue weighted by atomic mass is 31.2. The van der Waals surface area contributed by atoms with Crippen molar-refractivity contribution in [2.45, 2.75) is 341 Å². The zero-order valence-corrected chi connectivity index (χ0v) is 51.7. The number of aliphatic hydroxyl groups excluding tert-OH is 1. The summed E-state index contributed by atoms with van der Waals surface area (Å²) in [5.74, 6) is -0.202. The van der Waals surface area contributed by atoms with Crippen molar-refractivity contribution in [2.24, 2.45) is 0 Å². The van der Waals surface area contributed by atoms with Crippen LogP contribution in [0.1, 0.15) is 328 Å². The molecule has 75 heavy (non-hydrogen) atoms. The van der Waals surface area contributed by atoms with Crippen LogP contribution in [0.25, 0.3) is 0 Å². The van der Waals surface area contributed by atoms with E-state index < -0.39 is 26.6 Å². The molecule has 0 saturated heterocycles. The summed E-state index contributed by atoms with van der Waals surface area (Å²) in [6.07, 6.45) is 75.4. The molecule has 2 N–H and O–H groups in total. The van der Waals surface area contributed by atoms with Gasteiger partial charge in [0.2, 0.25) is 5.91 Å². The number of carbonyl (C=O) groups is 1. The van der Waals surface area contributed by atoms with E-state index in [-0.39, 0.29) is 12.5 Å². The number of quaternary nitrogens is 1. The van der Waals surface area contributed by atoms with Crippen molar-refractivity contribution < 1.29 is 32.9 Å². The minimum absolute atomic E-state index is 0.00529. The first-order valence-electron chi connectivity index (χ1n) is 32.9. The molecule has 0 rings (SSSR count). The molecule has 0 aliphatic carbocycles. The lowest BCUT2D eigenvalue weighted by molar-refractivity contribution is -0.870. The van der Waals surface area contributed by atoms with Crippen molar-refractivity contribution in [3.8, 4) is 0 Å².